The quantitative estimate of drug-likeness (QED) is 0.925. The topological polar surface area (TPSA) is 24.5 Å². The lowest BCUT2D eigenvalue weighted by atomic mass is 9.96. The molecule has 3 nitrogen and oxygen atoms in total. The first-order valence-corrected chi connectivity index (χ1v) is 7.56. The molecule has 1 saturated heterocycles. The lowest BCUT2D eigenvalue weighted by Gasteiger charge is -2.42. The van der Waals surface area contributed by atoms with Crippen molar-refractivity contribution in [3.63, 3.8) is 0 Å². The lowest BCUT2D eigenvalue weighted by molar-refractivity contribution is -0.0749. The number of nitrogens with zero attached hydrogens (tertiary/aromatic N) is 1. The normalized spacial score (nSPS) is 27.8. The van der Waals surface area contributed by atoms with E-state index in [1.54, 1.807) is 12.1 Å². The van der Waals surface area contributed by atoms with Gasteiger partial charge in [0.1, 0.15) is 5.82 Å². The molecule has 3 rings (SSSR count). The van der Waals surface area contributed by atoms with E-state index in [0.717, 1.165) is 6.54 Å². The summed E-state index contributed by atoms with van der Waals surface area (Å²) in [7, 11) is 1.89. The van der Waals surface area contributed by atoms with E-state index in [1.165, 1.54) is 18.9 Å². The molecule has 5 heteroatoms. The highest BCUT2D eigenvalue weighted by atomic mass is 35.5. The highest BCUT2D eigenvalue weighted by molar-refractivity contribution is 6.31. The molecule has 1 saturated carbocycles. The summed E-state index contributed by atoms with van der Waals surface area (Å²) < 4.78 is 20.2. The van der Waals surface area contributed by atoms with Crippen LogP contribution in [-0.4, -0.2) is 43.8 Å². The summed E-state index contributed by atoms with van der Waals surface area (Å²) in [6, 6.07) is 5.35. The van der Waals surface area contributed by atoms with Crippen molar-refractivity contribution in [2.24, 2.45) is 0 Å². The maximum Gasteiger partial charge on any atom is 0.129 e. The first-order valence-electron chi connectivity index (χ1n) is 7.18. The summed E-state index contributed by atoms with van der Waals surface area (Å²) in [6.45, 7) is 2.24. The van der Waals surface area contributed by atoms with Gasteiger partial charge in [-0.05, 0) is 32.0 Å². The number of hydrogen-bond donors (Lipinski definition) is 1. The summed E-state index contributed by atoms with van der Waals surface area (Å²) in [5, 5.41) is 3.63. The monoisotopic (exact) mass is 298 g/mol. The zero-order chi connectivity index (χ0) is 14.1. The van der Waals surface area contributed by atoms with Gasteiger partial charge >= 0.3 is 0 Å². The van der Waals surface area contributed by atoms with E-state index in [1.807, 2.05) is 7.05 Å². The Morgan fingerprint density at radius 1 is 1.45 bits per heavy atom. The summed E-state index contributed by atoms with van der Waals surface area (Å²) in [5.74, 6) is -0.236. The average Bonchev–Trinajstić information content (AvgIpc) is 3.24. The summed E-state index contributed by atoms with van der Waals surface area (Å²) in [4.78, 5) is 2.37. The lowest BCUT2D eigenvalue weighted by Crippen LogP contribution is -2.49. The third kappa shape index (κ3) is 2.70. The smallest absolute Gasteiger partial charge is 0.129 e. The Morgan fingerprint density at radius 2 is 2.25 bits per heavy atom. The largest absolute Gasteiger partial charge is 0.374 e. The van der Waals surface area contributed by atoms with Crippen LogP contribution >= 0.6 is 11.6 Å². The summed E-state index contributed by atoms with van der Waals surface area (Å²) in [6.07, 6.45) is 2.31. The van der Waals surface area contributed by atoms with E-state index in [4.69, 9.17) is 16.3 Å². The van der Waals surface area contributed by atoms with Crippen LogP contribution in [0.2, 0.25) is 5.02 Å². The van der Waals surface area contributed by atoms with Crippen LogP contribution in [-0.2, 0) is 4.74 Å². The Kier molecular flexibility index (Phi) is 4.26. The van der Waals surface area contributed by atoms with Gasteiger partial charge < -0.3 is 10.1 Å². The maximum atomic E-state index is 14.3. The van der Waals surface area contributed by atoms with Crippen molar-refractivity contribution in [3.05, 3.63) is 34.6 Å². The molecule has 1 aliphatic heterocycles. The molecule has 0 aromatic heterocycles. The van der Waals surface area contributed by atoms with Gasteiger partial charge in [0.2, 0.25) is 0 Å². The molecular weight excluding hydrogens is 279 g/mol. The van der Waals surface area contributed by atoms with Gasteiger partial charge in [-0.3, -0.25) is 4.90 Å². The molecule has 1 heterocycles. The van der Waals surface area contributed by atoms with Gasteiger partial charge in [-0.2, -0.15) is 0 Å². The van der Waals surface area contributed by atoms with E-state index in [9.17, 15) is 4.39 Å². The minimum atomic E-state index is -0.236. The van der Waals surface area contributed by atoms with Gasteiger partial charge in [-0.25, -0.2) is 4.39 Å². The zero-order valence-electron chi connectivity index (χ0n) is 11.6. The van der Waals surface area contributed by atoms with Crippen LogP contribution < -0.4 is 5.32 Å². The van der Waals surface area contributed by atoms with Crippen molar-refractivity contribution in [3.8, 4) is 0 Å². The van der Waals surface area contributed by atoms with Gasteiger partial charge in [0.15, 0.2) is 0 Å². The number of rotatable bonds is 4. The summed E-state index contributed by atoms with van der Waals surface area (Å²) in [5.41, 5.74) is 0.584. The fourth-order valence-corrected chi connectivity index (χ4v) is 3.36. The minimum Gasteiger partial charge on any atom is -0.374 e. The second-order valence-corrected chi connectivity index (χ2v) is 5.92. The predicted molar refractivity (Wildman–Crippen MR) is 77.5 cm³/mol. The highest BCUT2D eigenvalue weighted by Gasteiger charge is 2.42. The van der Waals surface area contributed by atoms with Crippen LogP contribution in [0.1, 0.15) is 24.4 Å². The van der Waals surface area contributed by atoms with E-state index >= 15 is 0 Å². The molecule has 1 aliphatic carbocycles. The number of morpholine rings is 1. The third-order valence-electron chi connectivity index (χ3n) is 4.11. The third-order valence-corrected chi connectivity index (χ3v) is 4.44. The SMILES string of the molecule is CNCC1OCCN(C2CC2)C1c1c(F)cccc1Cl. The van der Waals surface area contributed by atoms with Crippen molar-refractivity contribution in [2.45, 2.75) is 31.0 Å². The number of benzene rings is 1. The van der Waals surface area contributed by atoms with Crippen molar-refractivity contribution in [2.75, 3.05) is 26.7 Å². The first kappa shape index (κ1) is 14.3. The van der Waals surface area contributed by atoms with E-state index in [2.05, 4.69) is 10.2 Å². The summed E-state index contributed by atoms with van der Waals surface area (Å²) >= 11 is 6.28. The van der Waals surface area contributed by atoms with Crippen LogP contribution in [0.25, 0.3) is 0 Å². The number of ether oxygens (including phenoxy) is 1. The first-order chi connectivity index (χ1) is 9.72. The fourth-order valence-electron chi connectivity index (χ4n) is 3.09. The molecule has 2 aliphatic rings. The van der Waals surface area contributed by atoms with Gasteiger partial charge in [0.25, 0.3) is 0 Å². The molecule has 1 aromatic rings. The molecule has 20 heavy (non-hydrogen) atoms. The number of hydrogen-bond acceptors (Lipinski definition) is 3. The molecule has 0 amide bonds. The molecule has 1 N–H and O–H groups in total. The number of likely N-dealkylation sites (N-methyl/N-ethyl adjacent to an activating group) is 1. The number of halogens is 2. The van der Waals surface area contributed by atoms with E-state index < -0.39 is 0 Å². The minimum absolute atomic E-state index is 0.0660. The van der Waals surface area contributed by atoms with E-state index in [-0.39, 0.29) is 18.0 Å². The van der Waals surface area contributed by atoms with Crippen LogP contribution in [0, 0.1) is 5.82 Å². The van der Waals surface area contributed by atoms with Gasteiger partial charge in [-0.15, -0.1) is 0 Å². The molecule has 2 atom stereocenters. The second kappa shape index (κ2) is 5.98. The second-order valence-electron chi connectivity index (χ2n) is 5.52. The standard InChI is InChI=1S/C15H20ClFN2O/c1-18-9-13-15(14-11(16)3-2-4-12(14)17)19(7-8-20-13)10-5-6-10/h2-4,10,13,15,18H,5-9H2,1H3. The maximum absolute atomic E-state index is 14.3. The molecule has 0 bridgehead atoms. The molecule has 110 valence electrons. The van der Waals surface area contributed by atoms with Crippen LogP contribution in [0.5, 0.6) is 0 Å². The van der Waals surface area contributed by atoms with Gasteiger partial charge in [0.05, 0.1) is 18.8 Å². The molecule has 1 aromatic carbocycles. The Bertz CT molecular complexity index is 459. The Labute approximate surface area is 124 Å². The fraction of sp³-hybridized carbons (Fsp3) is 0.600. The van der Waals surface area contributed by atoms with Crippen molar-refractivity contribution >= 4 is 11.6 Å². The average molecular weight is 299 g/mol. The van der Waals surface area contributed by atoms with Crippen LogP contribution in [0.15, 0.2) is 18.2 Å². The molecule has 0 radical (unpaired) electrons. The van der Waals surface area contributed by atoms with Crippen molar-refractivity contribution < 1.29 is 9.13 Å². The molecule has 2 unspecified atom stereocenters. The molecular formula is C15H20ClFN2O. The Balaban J connectivity index is 1.98. The number of nitrogens with one attached hydrogen (secondary N) is 1. The molecule has 2 fully saturated rings. The van der Waals surface area contributed by atoms with Crippen molar-refractivity contribution in [1.82, 2.24) is 10.2 Å². The van der Waals surface area contributed by atoms with Crippen LogP contribution in [0.3, 0.4) is 0 Å². The van der Waals surface area contributed by atoms with E-state index in [0.29, 0.717) is 29.8 Å². The Hall–Kier alpha value is -0.680. The molecule has 0 spiro atoms. The predicted octanol–water partition coefficient (Wildman–Crippen LogP) is 2.60. The zero-order valence-corrected chi connectivity index (χ0v) is 12.4. The Morgan fingerprint density at radius 3 is 2.90 bits per heavy atom. The van der Waals surface area contributed by atoms with Gasteiger partial charge in [0, 0.05) is 29.7 Å². The van der Waals surface area contributed by atoms with Crippen LogP contribution in [0.4, 0.5) is 4.39 Å². The highest BCUT2D eigenvalue weighted by Crippen LogP contribution is 2.41. The van der Waals surface area contributed by atoms with Crippen molar-refractivity contribution in [1.29, 1.82) is 0 Å². The van der Waals surface area contributed by atoms with Gasteiger partial charge in [-0.1, -0.05) is 17.7 Å².